The summed E-state index contributed by atoms with van der Waals surface area (Å²) in [7, 11) is 5.12. The number of para-hydroxylation sites is 1. The Bertz CT molecular complexity index is 877. The maximum absolute atomic E-state index is 12.5. The largest absolute Gasteiger partial charge is 0.388 e. The van der Waals surface area contributed by atoms with Crippen molar-refractivity contribution in [1.29, 1.82) is 0 Å². The Kier molecular flexibility index (Phi) is 5.11. The number of carbonyl (C=O) groups is 1. The third kappa shape index (κ3) is 3.78. The lowest BCUT2D eigenvalue weighted by molar-refractivity contribution is -0.136. The summed E-state index contributed by atoms with van der Waals surface area (Å²) in [6.45, 7) is 1.67. The highest BCUT2D eigenvalue weighted by molar-refractivity contribution is 5.77. The van der Waals surface area contributed by atoms with E-state index in [1.165, 1.54) is 4.90 Å². The SMILES string of the molecule is CN(C)C(=O)CC1(O)CCCN(Cc2nc3ccccc3c(=O)n2C)C1. The molecule has 0 aliphatic carbocycles. The van der Waals surface area contributed by atoms with Crippen LogP contribution in [0.25, 0.3) is 10.9 Å². The molecule has 1 aliphatic heterocycles. The molecule has 1 aliphatic rings. The third-order valence-corrected chi connectivity index (χ3v) is 5.05. The molecule has 1 unspecified atom stereocenters. The summed E-state index contributed by atoms with van der Waals surface area (Å²) in [5.74, 6) is 0.586. The first-order valence-corrected chi connectivity index (χ1v) is 8.89. The first-order chi connectivity index (χ1) is 12.3. The van der Waals surface area contributed by atoms with Crippen molar-refractivity contribution in [3.8, 4) is 0 Å². The summed E-state index contributed by atoms with van der Waals surface area (Å²) in [6.07, 6.45) is 1.52. The molecule has 7 nitrogen and oxygen atoms in total. The fourth-order valence-corrected chi connectivity index (χ4v) is 3.53. The Hall–Kier alpha value is -2.25. The van der Waals surface area contributed by atoms with E-state index in [0.717, 1.165) is 13.0 Å². The average molecular weight is 358 g/mol. The van der Waals surface area contributed by atoms with Crippen molar-refractivity contribution in [1.82, 2.24) is 19.4 Å². The smallest absolute Gasteiger partial charge is 0.261 e. The van der Waals surface area contributed by atoms with E-state index in [2.05, 4.69) is 9.88 Å². The molecular weight excluding hydrogens is 332 g/mol. The standard InChI is InChI=1S/C19H26N4O3/c1-21(2)17(24)11-19(26)9-6-10-23(13-19)12-16-20-15-8-5-4-7-14(15)18(25)22(16)3/h4-5,7-8,26H,6,9-13H2,1-3H3. The molecule has 0 bridgehead atoms. The van der Waals surface area contributed by atoms with Gasteiger partial charge in [-0.1, -0.05) is 12.1 Å². The highest BCUT2D eigenvalue weighted by Crippen LogP contribution is 2.26. The van der Waals surface area contributed by atoms with Gasteiger partial charge in [0.25, 0.3) is 5.56 Å². The van der Waals surface area contributed by atoms with Gasteiger partial charge in [0.05, 0.1) is 29.5 Å². The first-order valence-electron chi connectivity index (χ1n) is 8.89. The Morgan fingerprint density at radius 2 is 2.08 bits per heavy atom. The quantitative estimate of drug-likeness (QED) is 0.872. The molecule has 1 N–H and O–H groups in total. The van der Waals surface area contributed by atoms with Gasteiger partial charge in [-0.3, -0.25) is 19.1 Å². The van der Waals surface area contributed by atoms with Crippen molar-refractivity contribution in [3.05, 3.63) is 40.4 Å². The minimum absolute atomic E-state index is 0.0688. The van der Waals surface area contributed by atoms with E-state index < -0.39 is 5.60 Å². The lowest BCUT2D eigenvalue weighted by Gasteiger charge is -2.39. The molecule has 1 aromatic carbocycles. The molecule has 0 saturated carbocycles. The monoisotopic (exact) mass is 358 g/mol. The number of nitrogens with zero attached hydrogens (tertiary/aromatic N) is 4. The average Bonchev–Trinajstić information content (AvgIpc) is 2.59. The Labute approximate surface area is 152 Å². The number of aliphatic hydroxyl groups is 1. The number of carbonyl (C=O) groups excluding carboxylic acids is 1. The van der Waals surface area contributed by atoms with Gasteiger partial charge in [0.1, 0.15) is 5.82 Å². The van der Waals surface area contributed by atoms with Gasteiger partial charge < -0.3 is 10.0 Å². The molecular formula is C19H26N4O3. The predicted octanol–water partition coefficient (Wildman–Crippen LogP) is 0.739. The molecule has 2 heterocycles. The molecule has 1 fully saturated rings. The normalized spacial score (nSPS) is 21.1. The molecule has 1 atom stereocenters. The van der Waals surface area contributed by atoms with Gasteiger partial charge in [0, 0.05) is 27.7 Å². The van der Waals surface area contributed by atoms with Gasteiger partial charge in [-0.2, -0.15) is 0 Å². The molecule has 2 aromatic rings. The molecule has 1 saturated heterocycles. The Balaban J connectivity index is 1.81. The van der Waals surface area contributed by atoms with Crippen molar-refractivity contribution in [2.45, 2.75) is 31.4 Å². The number of hydrogen-bond acceptors (Lipinski definition) is 5. The van der Waals surface area contributed by atoms with Gasteiger partial charge in [-0.15, -0.1) is 0 Å². The van der Waals surface area contributed by atoms with Crippen LogP contribution in [-0.2, 0) is 18.4 Å². The summed E-state index contributed by atoms with van der Waals surface area (Å²) in [4.78, 5) is 32.8. The fraction of sp³-hybridized carbons (Fsp3) is 0.526. The van der Waals surface area contributed by atoms with E-state index in [0.29, 0.717) is 36.2 Å². The lowest BCUT2D eigenvalue weighted by Crippen LogP contribution is -2.50. The van der Waals surface area contributed by atoms with Gasteiger partial charge in [-0.05, 0) is 31.5 Å². The van der Waals surface area contributed by atoms with Crippen LogP contribution in [0.15, 0.2) is 29.1 Å². The number of rotatable bonds is 4. The maximum Gasteiger partial charge on any atom is 0.261 e. The fourth-order valence-electron chi connectivity index (χ4n) is 3.53. The minimum atomic E-state index is -1.03. The number of fused-ring (bicyclic) bond motifs is 1. The van der Waals surface area contributed by atoms with E-state index in [4.69, 9.17) is 0 Å². The lowest BCUT2D eigenvalue weighted by atomic mass is 9.89. The molecule has 0 spiro atoms. The van der Waals surface area contributed by atoms with Crippen molar-refractivity contribution in [2.24, 2.45) is 7.05 Å². The Morgan fingerprint density at radius 1 is 1.35 bits per heavy atom. The number of amides is 1. The van der Waals surface area contributed by atoms with Gasteiger partial charge >= 0.3 is 0 Å². The number of benzene rings is 1. The molecule has 7 heteroatoms. The number of piperidine rings is 1. The van der Waals surface area contributed by atoms with E-state index in [1.54, 1.807) is 31.8 Å². The summed E-state index contributed by atoms with van der Waals surface area (Å²) >= 11 is 0. The summed E-state index contributed by atoms with van der Waals surface area (Å²) < 4.78 is 1.57. The molecule has 140 valence electrons. The minimum Gasteiger partial charge on any atom is -0.388 e. The van der Waals surface area contributed by atoms with Crippen LogP contribution < -0.4 is 5.56 Å². The zero-order chi connectivity index (χ0) is 18.9. The molecule has 1 aromatic heterocycles. The van der Waals surface area contributed by atoms with E-state index in [1.807, 2.05) is 18.2 Å². The molecule has 3 rings (SSSR count). The van der Waals surface area contributed by atoms with Crippen LogP contribution in [0.1, 0.15) is 25.1 Å². The van der Waals surface area contributed by atoms with E-state index in [9.17, 15) is 14.7 Å². The predicted molar refractivity (Wildman–Crippen MR) is 99.8 cm³/mol. The molecule has 0 radical (unpaired) electrons. The van der Waals surface area contributed by atoms with Crippen molar-refractivity contribution < 1.29 is 9.90 Å². The Morgan fingerprint density at radius 3 is 2.81 bits per heavy atom. The third-order valence-electron chi connectivity index (χ3n) is 5.05. The highest BCUT2D eigenvalue weighted by Gasteiger charge is 2.36. The van der Waals surface area contributed by atoms with Crippen LogP contribution in [-0.4, -0.2) is 63.2 Å². The van der Waals surface area contributed by atoms with Gasteiger partial charge in [0.15, 0.2) is 0 Å². The number of hydrogen-bond donors (Lipinski definition) is 1. The van der Waals surface area contributed by atoms with Gasteiger partial charge in [0.2, 0.25) is 5.91 Å². The van der Waals surface area contributed by atoms with E-state index in [-0.39, 0.29) is 17.9 Å². The number of likely N-dealkylation sites (tertiary alicyclic amines) is 1. The van der Waals surface area contributed by atoms with Crippen LogP contribution in [0.2, 0.25) is 0 Å². The molecule has 26 heavy (non-hydrogen) atoms. The van der Waals surface area contributed by atoms with Crippen LogP contribution >= 0.6 is 0 Å². The van der Waals surface area contributed by atoms with Crippen molar-refractivity contribution in [3.63, 3.8) is 0 Å². The van der Waals surface area contributed by atoms with Crippen molar-refractivity contribution in [2.75, 3.05) is 27.2 Å². The van der Waals surface area contributed by atoms with Crippen LogP contribution in [0.4, 0.5) is 0 Å². The maximum atomic E-state index is 12.5. The second-order valence-corrected chi connectivity index (χ2v) is 7.41. The van der Waals surface area contributed by atoms with Gasteiger partial charge in [-0.25, -0.2) is 4.98 Å². The van der Waals surface area contributed by atoms with Crippen LogP contribution in [0.5, 0.6) is 0 Å². The zero-order valence-corrected chi connectivity index (χ0v) is 15.6. The summed E-state index contributed by atoms with van der Waals surface area (Å²) in [5.41, 5.74) is -0.420. The van der Waals surface area contributed by atoms with Crippen molar-refractivity contribution >= 4 is 16.8 Å². The summed E-state index contributed by atoms with van der Waals surface area (Å²) in [6, 6.07) is 7.31. The van der Waals surface area contributed by atoms with Crippen LogP contribution in [0, 0.1) is 0 Å². The highest BCUT2D eigenvalue weighted by atomic mass is 16.3. The second-order valence-electron chi connectivity index (χ2n) is 7.41. The first kappa shape index (κ1) is 18.5. The molecule has 1 amide bonds. The summed E-state index contributed by atoms with van der Waals surface area (Å²) in [5, 5.41) is 11.5. The van der Waals surface area contributed by atoms with E-state index >= 15 is 0 Å². The number of aromatic nitrogens is 2. The number of β-amino-alcohol motifs (C(OH)–C–C–N with tert-alkyl or cyclic N) is 1. The zero-order valence-electron chi connectivity index (χ0n) is 15.6. The topological polar surface area (TPSA) is 78.7 Å². The van der Waals surface area contributed by atoms with Crippen LogP contribution in [0.3, 0.4) is 0 Å². The second kappa shape index (κ2) is 7.17.